The Labute approximate surface area is 167 Å². The highest BCUT2D eigenvalue weighted by Crippen LogP contribution is 2.19. The second kappa shape index (κ2) is 10.7. The second-order valence-corrected chi connectivity index (χ2v) is 6.82. The van der Waals surface area contributed by atoms with Crippen molar-refractivity contribution in [2.75, 3.05) is 44.6 Å². The molecule has 7 nitrogen and oxygen atoms in total. The summed E-state index contributed by atoms with van der Waals surface area (Å²) in [5.74, 6) is -0.300. The molecule has 0 aliphatic carbocycles. The smallest absolute Gasteiger partial charge is 0.309 e. The molecule has 1 aromatic carbocycles. The molecule has 0 saturated carbocycles. The number of amides is 2. The molecule has 0 aromatic heterocycles. The number of hydrogen-bond acceptors (Lipinski definition) is 5. The number of anilines is 1. The highest BCUT2D eigenvalue weighted by molar-refractivity contribution is 5.95. The van der Waals surface area contributed by atoms with Gasteiger partial charge in [0, 0.05) is 37.4 Å². The van der Waals surface area contributed by atoms with Crippen LogP contribution in [-0.4, -0.2) is 66.9 Å². The normalized spacial score (nSPS) is 14.5. The van der Waals surface area contributed by atoms with Crippen molar-refractivity contribution in [3.8, 4) is 0 Å². The van der Waals surface area contributed by atoms with Crippen molar-refractivity contribution < 1.29 is 19.1 Å². The van der Waals surface area contributed by atoms with Gasteiger partial charge in [0.1, 0.15) is 0 Å². The predicted octanol–water partition coefficient (Wildman–Crippen LogP) is 2.38. The third kappa shape index (κ3) is 5.71. The summed E-state index contributed by atoms with van der Waals surface area (Å²) in [4.78, 5) is 40.3. The summed E-state index contributed by atoms with van der Waals surface area (Å²) < 4.78 is 5.06. The molecule has 1 aliphatic rings. The fraction of sp³-hybridized carbons (Fsp3) is 0.571. The van der Waals surface area contributed by atoms with Gasteiger partial charge in [0.2, 0.25) is 5.91 Å². The van der Waals surface area contributed by atoms with E-state index in [0.717, 1.165) is 5.69 Å². The van der Waals surface area contributed by atoms with Crippen molar-refractivity contribution in [1.29, 1.82) is 0 Å². The van der Waals surface area contributed by atoms with Gasteiger partial charge in [-0.15, -0.1) is 0 Å². The molecule has 0 radical (unpaired) electrons. The lowest BCUT2D eigenvalue weighted by molar-refractivity contribution is -0.151. The predicted molar refractivity (Wildman–Crippen MR) is 108 cm³/mol. The van der Waals surface area contributed by atoms with Gasteiger partial charge < -0.3 is 19.9 Å². The molecule has 28 heavy (non-hydrogen) atoms. The number of carbonyl (C=O) groups is 3. The van der Waals surface area contributed by atoms with E-state index in [9.17, 15) is 14.4 Å². The molecule has 1 aromatic rings. The molecular weight excluding hydrogens is 358 g/mol. The third-order valence-electron chi connectivity index (χ3n) is 5.07. The monoisotopic (exact) mass is 389 g/mol. The number of nitrogens with zero attached hydrogens (tertiary/aromatic N) is 2. The van der Waals surface area contributed by atoms with Crippen molar-refractivity contribution in [3.63, 3.8) is 0 Å². The first-order chi connectivity index (χ1) is 13.5. The van der Waals surface area contributed by atoms with E-state index >= 15 is 0 Å². The van der Waals surface area contributed by atoms with Crippen LogP contribution in [0.3, 0.4) is 0 Å². The minimum Gasteiger partial charge on any atom is -0.466 e. The highest BCUT2D eigenvalue weighted by atomic mass is 16.5. The van der Waals surface area contributed by atoms with E-state index in [0.29, 0.717) is 51.2 Å². The average Bonchev–Trinajstić information content (AvgIpc) is 2.73. The number of nitrogens with one attached hydrogen (secondary N) is 1. The van der Waals surface area contributed by atoms with Gasteiger partial charge in [0.15, 0.2) is 0 Å². The van der Waals surface area contributed by atoms with Crippen LogP contribution in [0.15, 0.2) is 24.3 Å². The molecule has 1 heterocycles. The zero-order valence-electron chi connectivity index (χ0n) is 17.1. The summed E-state index contributed by atoms with van der Waals surface area (Å²) in [5.41, 5.74) is 1.35. The average molecular weight is 389 g/mol. The van der Waals surface area contributed by atoms with Crippen LogP contribution in [0.5, 0.6) is 0 Å². The molecule has 0 spiro atoms. The SMILES string of the molecule is CCOC(=O)C1CCN(C(=O)CNc2cccc(C(=O)N(CC)CC)c2)CC1. The standard InChI is InChI=1S/C21H31N3O4/c1-4-23(5-2)20(26)17-8-7-9-18(14-17)22-15-19(25)24-12-10-16(11-13-24)21(27)28-6-3/h7-9,14,16,22H,4-6,10-13,15H2,1-3H3. The second-order valence-electron chi connectivity index (χ2n) is 6.82. The number of piperidine rings is 1. The van der Waals surface area contributed by atoms with Gasteiger partial charge in [-0.25, -0.2) is 0 Å². The van der Waals surface area contributed by atoms with Gasteiger partial charge in [-0.05, 0) is 51.8 Å². The Balaban J connectivity index is 1.86. The largest absolute Gasteiger partial charge is 0.466 e. The first-order valence-electron chi connectivity index (χ1n) is 10.1. The lowest BCUT2D eigenvalue weighted by Crippen LogP contribution is -2.43. The Bertz CT molecular complexity index is 680. The fourth-order valence-corrected chi connectivity index (χ4v) is 3.37. The number of esters is 1. The van der Waals surface area contributed by atoms with Gasteiger partial charge in [-0.1, -0.05) is 6.07 Å². The number of likely N-dealkylation sites (tertiary alicyclic amines) is 1. The van der Waals surface area contributed by atoms with Gasteiger partial charge in [0.05, 0.1) is 19.1 Å². The van der Waals surface area contributed by atoms with E-state index in [-0.39, 0.29) is 30.2 Å². The van der Waals surface area contributed by atoms with Crippen molar-refractivity contribution in [1.82, 2.24) is 9.80 Å². The van der Waals surface area contributed by atoms with E-state index in [1.165, 1.54) is 0 Å². The molecule has 1 aliphatic heterocycles. The maximum Gasteiger partial charge on any atom is 0.309 e. The molecule has 2 amide bonds. The highest BCUT2D eigenvalue weighted by Gasteiger charge is 2.28. The van der Waals surface area contributed by atoms with Crippen LogP contribution >= 0.6 is 0 Å². The quantitative estimate of drug-likeness (QED) is 0.691. The molecule has 0 bridgehead atoms. The maximum absolute atomic E-state index is 12.5. The fourth-order valence-electron chi connectivity index (χ4n) is 3.37. The Hall–Kier alpha value is -2.57. The van der Waals surface area contributed by atoms with Crippen molar-refractivity contribution in [2.45, 2.75) is 33.6 Å². The Morgan fingerprint density at radius 3 is 2.43 bits per heavy atom. The van der Waals surface area contributed by atoms with Crippen LogP contribution in [0.1, 0.15) is 44.0 Å². The van der Waals surface area contributed by atoms with Gasteiger partial charge in [-0.3, -0.25) is 14.4 Å². The van der Waals surface area contributed by atoms with Crippen molar-refractivity contribution in [2.24, 2.45) is 5.92 Å². The number of benzene rings is 1. The topological polar surface area (TPSA) is 79.0 Å². The summed E-state index contributed by atoms with van der Waals surface area (Å²) in [6.07, 6.45) is 1.27. The van der Waals surface area contributed by atoms with Crippen LogP contribution in [0, 0.1) is 5.92 Å². The molecule has 154 valence electrons. The van der Waals surface area contributed by atoms with Crippen LogP contribution in [0.2, 0.25) is 0 Å². The molecule has 1 N–H and O–H groups in total. The summed E-state index contributed by atoms with van der Waals surface area (Å²) >= 11 is 0. The van der Waals surface area contributed by atoms with Crippen molar-refractivity contribution in [3.05, 3.63) is 29.8 Å². The van der Waals surface area contributed by atoms with Crippen LogP contribution in [0.25, 0.3) is 0 Å². The summed E-state index contributed by atoms with van der Waals surface area (Å²) in [6.45, 7) is 8.69. The van der Waals surface area contributed by atoms with E-state index in [1.54, 1.807) is 28.9 Å². The van der Waals surface area contributed by atoms with Crippen LogP contribution < -0.4 is 5.32 Å². The molecule has 0 unspecified atom stereocenters. The minimum atomic E-state index is -0.164. The molecule has 7 heteroatoms. The van der Waals surface area contributed by atoms with Gasteiger partial charge in [-0.2, -0.15) is 0 Å². The first kappa shape index (κ1) is 21.7. The third-order valence-corrected chi connectivity index (χ3v) is 5.07. The van der Waals surface area contributed by atoms with E-state index < -0.39 is 0 Å². The van der Waals surface area contributed by atoms with Crippen LogP contribution in [-0.2, 0) is 14.3 Å². The summed E-state index contributed by atoms with van der Waals surface area (Å²) in [5, 5.41) is 3.11. The van der Waals surface area contributed by atoms with Crippen LogP contribution in [0.4, 0.5) is 5.69 Å². The Morgan fingerprint density at radius 2 is 1.82 bits per heavy atom. The lowest BCUT2D eigenvalue weighted by atomic mass is 9.97. The van der Waals surface area contributed by atoms with Gasteiger partial charge in [0.25, 0.3) is 5.91 Å². The molecular formula is C21H31N3O4. The zero-order chi connectivity index (χ0) is 20.5. The molecule has 2 rings (SSSR count). The van der Waals surface area contributed by atoms with E-state index in [4.69, 9.17) is 4.74 Å². The van der Waals surface area contributed by atoms with Crippen molar-refractivity contribution >= 4 is 23.5 Å². The number of rotatable bonds is 8. The lowest BCUT2D eigenvalue weighted by Gasteiger charge is -2.31. The van der Waals surface area contributed by atoms with E-state index in [2.05, 4.69) is 5.32 Å². The Morgan fingerprint density at radius 1 is 1.14 bits per heavy atom. The van der Waals surface area contributed by atoms with E-state index in [1.807, 2.05) is 26.0 Å². The number of ether oxygens (including phenoxy) is 1. The zero-order valence-corrected chi connectivity index (χ0v) is 17.1. The summed E-state index contributed by atoms with van der Waals surface area (Å²) in [7, 11) is 0. The van der Waals surface area contributed by atoms with Gasteiger partial charge >= 0.3 is 5.97 Å². The Kier molecular flexibility index (Phi) is 8.29. The maximum atomic E-state index is 12.5. The molecule has 0 atom stereocenters. The molecule has 1 fully saturated rings. The number of carbonyl (C=O) groups excluding carboxylic acids is 3. The minimum absolute atomic E-state index is 0.0113. The number of hydrogen-bond donors (Lipinski definition) is 1. The molecule has 1 saturated heterocycles. The first-order valence-corrected chi connectivity index (χ1v) is 10.1. The summed E-state index contributed by atoms with van der Waals surface area (Å²) in [6, 6.07) is 7.22.